The second-order valence-electron chi connectivity index (χ2n) is 4.55. The molecule has 3 rings (SSSR count). The maximum atomic E-state index is 13.7. The van der Waals surface area contributed by atoms with Crippen LogP contribution in [-0.2, 0) is 6.54 Å². The van der Waals surface area contributed by atoms with Crippen LogP contribution in [0.2, 0.25) is 5.02 Å². The Labute approximate surface area is 135 Å². The highest BCUT2D eigenvalue weighted by Gasteiger charge is 2.16. The molecular weight excluding hydrogens is 361 g/mol. The largest absolute Gasteiger partial charge is 0.486 e. The van der Waals surface area contributed by atoms with Gasteiger partial charge in [-0.05, 0) is 45.8 Å². The third-order valence-electron chi connectivity index (χ3n) is 3.09. The average Bonchev–Trinajstić information content (AvgIpc) is 2.47. The quantitative estimate of drug-likeness (QED) is 0.852. The normalized spacial score (nSPS) is 13.1. The molecule has 21 heavy (non-hydrogen) atoms. The molecule has 0 saturated carbocycles. The minimum absolute atomic E-state index is 0.296. The highest BCUT2D eigenvalue weighted by atomic mass is 79.9. The number of halogens is 3. The molecule has 3 nitrogen and oxygen atoms in total. The van der Waals surface area contributed by atoms with Crippen molar-refractivity contribution in [3.05, 3.63) is 51.2 Å². The first-order valence-electron chi connectivity index (χ1n) is 6.41. The number of hydrogen-bond acceptors (Lipinski definition) is 3. The van der Waals surface area contributed by atoms with Crippen molar-refractivity contribution < 1.29 is 13.9 Å². The monoisotopic (exact) mass is 371 g/mol. The van der Waals surface area contributed by atoms with Gasteiger partial charge in [-0.25, -0.2) is 4.39 Å². The van der Waals surface area contributed by atoms with E-state index in [1.807, 2.05) is 12.1 Å². The second-order valence-corrected chi connectivity index (χ2v) is 5.81. The van der Waals surface area contributed by atoms with Gasteiger partial charge in [0.25, 0.3) is 0 Å². The van der Waals surface area contributed by atoms with Crippen molar-refractivity contribution in [3.63, 3.8) is 0 Å². The lowest BCUT2D eigenvalue weighted by Gasteiger charge is -2.20. The summed E-state index contributed by atoms with van der Waals surface area (Å²) < 4.78 is 25.6. The summed E-state index contributed by atoms with van der Waals surface area (Å²) in [5.74, 6) is 1.01. The number of rotatable bonds is 3. The summed E-state index contributed by atoms with van der Waals surface area (Å²) in [4.78, 5) is 0. The first kappa shape index (κ1) is 14.5. The summed E-state index contributed by atoms with van der Waals surface area (Å²) in [6.45, 7) is 1.49. The van der Waals surface area contributed by atoms with Gasteiger partial charge in [0.05, 0.1) is 15.2 Å². The molecule has 0 spiro atoms. The molecule has 0 radical (unpaired) electrons. The maximum absolute atomic E-state index is 13.7. The van der Waals surface area contributed by atoms with Crippen molar-refractivity contribution in [1.82, 2.24) is 0 Å². The van der Waals surface area contributed by atoms with Crippen molar-refractivity contribution in [2.24, 2.45) is 0 Å². The van der Waals surface area contributed by atoms with E-state index < -0.39 is 0 Å². The molecule has 0 aliphatic carbocycles. The van der Waals surface area contributed by atoms with Gasteiger partial charge < -0.3 is 14.8 Å². The predicted molar refractivity (Wildman–Crippen MR) is 83.9 cm³/mol. The fourth-order valence-electron chi connectivity index (χ4n) is 2.12. The Morgan fingerprint density at radius 1 is 1.24 bits per heavy atom. The van der Waals surface area contributed by atoms with Crippen LogP contribution < -0.4 is 14.8 Å². The molecule has 1 N–H and O–H groups in total. The standard InChI is InChI=1S/C15H12BrClFNO2/c16-10-6-9(7-13-15(10)21-5-4-20-13)8-19-14-11(17)2-1-3-12(14)18/h1-3,6-7,19H,4-5,8H2. The van der Waals surface area contributed by atoms with E-state index in [0.717, 1.165) is 10.0 Å². The maximum Gasteiger partial charge on any atom is 0.175 e. The number of anilines is 1. The van der Waals surface area contributed by atoms with Gasteiger partial charge in [-0.15, -0.1) is 0 Å². The van der Waals surface area contributed by atoms with Gasteiger partial charge in [0.2, 0.25) is 0 Å². The molecule has 0 atom stereocenters. The number of ether oxygens (including phenoxy) is 2. The van der Waals surface area contributed by atoms with E-state index in [0.29, 0.717) is 42.0 Å². The van der Waals surface area contributed by atoms with E-state index in [1.54, 1.807) is 12.1 Å². The zero-order valence-corrected chi connectivity index (χ0v) is 13.3. The molecule has 0 saturated heterocycles. The van der Waals surface area contributed by atoms with E-state index in [4.69, 9.17) is 21.1 Å². The van der Waals surface area contributed by atoms with Gasteiger partial charge in [0.1, 0.15) is 19.0 Å². The van der Waals surface area contributed by atoms with Gasteiger partial charge >= 0.3 is 0 Å². The first-order chi connectivity index (χ1) is 10.1. The molecule has 6 heteroatoms. The van der Waals surface area contributed by atoms with Crippen LogP contribution in [-0.4, -0.2) is 13.2 Å². The highest BCUT2D eigenvalue weighted by Crippen LogP contribution is 2.38. The summed E-state index contributed by atoms with van der Waals surface area (Å²) in [5, 5.41) is 3.36. The summed E-state index contributed by atoms with van der Waals surface area (Å²) in [6.07, 6.45) is 0. The summed E-state index contributed by atoms with van der Waals surface area (Å²) in [7, 11) is 0. The Kier molecular flexibility index (Phi) is 4.22. The number of hydrogen-bond donors (Lipinski definition) is 1. The van der Waals surface area contributed by atoms with Crippen molar-refractivity contribution in [1.29, 1.82) is 0 Å². The lowest BCUT2D eigenvalue weighted by Crippen LogP contribution is -2.16. The minimum Gasteiger partial charge on any atom is -0.486 e. The van der Waals surface area contributed by atoms with Crippen LogP contribution in [0.3, 0.4) is 0 Å². The molecule has 2 aromatic carbocycles. The molecule has 1 aliphatic heterocycles. The smallest absolute Gasteiger partial charge is 0.175 e. The van der Waals surface area contributed by atoms with Crippen molar-refractivity contribution in [2.75, 3.05) is 18.5 Å². The average molecular weight is 373 g/mol. The zero-order valence-electron chi connectivity index (χ0n) is 11.0. The lowest BCUT2D eigenvalue weighted by atomic mass is 10.2. The fraction of sp³-hybridized carbons (Fsp3) is 0.200. The van der Waals surface area contributed by atoms with E-state index in [1.165, 1.54) is 6.07 Å². The minimum atomic E-state index is -0.376. The molecule has 0 unspecified atom stereocenters. The van der Waals surface area contributed by atoms with Crippen LogP contribution in [0.1, 0.15) is 5.56 Å². The van der Waals surface area contributed by atoms with Crippen molar-refractivity contribution in [2.45, 2.75) is 6.54 Å². The van der Waals surface area contributed by atoms with Gasteiger partial charge in [0, 0.05) is 6.54 Å². The van der Waals surface area contributed by atoms with Gasteiger partial charge in [-0.3, -0.25) is 0 Å². The SMILES string of the molecule is Fc1cccc(Cl)c1NCc1cc(Br)c2c(c1)OCCO2. The molecule has 0 fully saturated rings. The number of fused-ring (bicyclic) bond motifs is 1. The Balaban J connectivity index is 1.81. The molecule has 1 aliphatic rings. The van der Waals surface area contributed by atoms with Gasteiger partial charge in [-0.1, -0.05) is 17.7 Å². The zero-order chi connectivity index (χ0) is 14.8. The number of nitrogens with one attached hydrogen (secondary N) is 1. The van der Waals surface area contributed by atoms with Crippen LogP contribution in [0.15, 0.2) is 34.8 Å². The summed E-state index contributed by atoms with van der Waals surface area (Å²) in [6, 6.07) is 8.38. The van der Waals surface area contributed by atoms with Crippen molar-refractivity contribution >= 4 is 33.2 Å². The van der Waals surface area contributed by atoms with E-state index in [-0.39, 0.29) is 5.82 Å². The Bertz CT molecular complexity index is 661. The molecule has 0 aromatic heterocycles. The van der Waals surface area contributed by atoms with Crippen LogP contribution in [0.25, 0.3) is 0 Å². The lowest BCUT2D eigenvalue weighted by molar-refractivity contribution is 0.170. The van der Waals surface area contributed by atoms with Crippen LogP contribution in [0.5, 0.6) is 11.5 Å². The number of para-hydroxylation sites is 1. The molecule has 2 aromatic rings. The molecule has 0 bridgehead atoms. The Morgan fingerprint density at radius 2 is 2.05 bits per heavy atom. The second kappa shape index (κ2) is 6.12. The topological polar surface area (TPSA) is 30.5 Å². The highest BCUT2D eigenvalue weighted by molar-refractivity contribution is 9.10. The predicted octanol–water partition coefficient (Wildman–Crippen LogP) is 4.62. The summed E-state index contributed by atoms with van der Waals surface area (Å²) in [5.41, 5.74) is 1.23. The molecular formula is C15H12BrClFNO2. The third-order valence-corrected chi connectivity index (χ3v) is 3.99. The Hall–Kier alpha value is -1.46. The van der Waals surface area contributed by atoms with E-state index in [2.05, 4.69) is 21.2 Å². The van der Waals surface area contributed by atoms with Gasteiger partial charge in [0.15, 0.2) is 11.5 Å². The van der Waals surface area contributed by atoms with Crippen LogP contribution in [0.4, 0.5) is 10.1 Å². The van der Waals surface area contributed by atoms with Crippen LogP contribution >= 0.6 is 27.5 Å². The molecule has 110 valence electrons. The van der Waals surface area contributed by atoms with Crippen LogP contribution in [0, 0.1) is 5.82 Å². The fourth-order valence-corrected chi connectivity index (χ4v) is 2.96. The third kappa shape index (κ3) is 3.09. The summed E-state index contributed by atoms with van der Waals surface area (Å²) >= 11 is 9.44. The molecule has 0 amide bonds. The van der Waals surface area contributed by atoms with Crippen molar-refractivity contribution in [3.8, 4) is 11.5 Å². The van der Waals surface area contributed by atoms with E-state index >= 15 is 0 Å². The van der Waals surface area contributed by atoms with E-state index in [9.17, 15) is 4.39 Å². The van der Waals surface area contributed by atoms with Gasteiger partial charge in [-0.2, -0.15) is 0 Å². The number of benzene rings is 2. The Morgan fingerprint density at radius 3 is 2.86 bits per heavy atom. The first-order valence-corrected chi connectivity index (χ1v) is 7.58. The molecule has 1 heterocycles.